The van der Waals surface area contributed by atoms with Crippen LogP contribution in [-0.2, 0) is 85.4 Å². The summed E-state index contributed by atoms with van der Waals surface area (Å²) in [5, 5.41) is 238. The first-order valence-corrected chi connectivity index (χ1v) is 30.4. The van der Waals surface area contributed by atoms with Gasteiger partial charge in [0.2, 0.25) is 17.7 Å². The Hall–Kier alpha value is -3.03. The highest BCUT2D eigenvalue weighted by molar-refractivity contribution is 5.74. The van der Waals surface area contributed by atoms with Gasteiger partial charge in [-0.3, -0.25) is 14.4 Å². The Labute approximate surface area is 538 Å². The molecule has 8 rings (SSSR count). The molecule has 0 aromatic heterocycles. The fraction of sp³-hybridized carbons (Fsp3) is 0.943. The summed E-state index contributed by atoms with van der Waals surface area (Å²) < 4.78 is 89.8. The largest absolute Gasteiger partial charge is 0.394 e. The van der Waals surface area contributed by atoms with E-state index in [1.807, 2.05) is 0 Å². The predicted molar refractivity (Wildman–Crippen MR) is 292 cm³/mol. The van der Waals surface area contributed by atoms with Crippen molar-refractivity contribution in [3.05, 3.63) is 0 Å². The van der Waals surface area contributed by atoms with Crippen LogP contribution in [0.5, 0.6) is 0 Å². The summed E-state index contributed by atoms with van der Waals surface area (Å²) in [7, 11) is 0. The van der Waals surface area contributed by atoms with E-state index in [9.17, 15) is 122 Å². The van der Waals surface area contributed by atoms with Crippen LogP contribution < -0.4 is 16.0 Å². The van der Waals surface area contributed by atoms with E-state index in [0.29, 0.717) is 0 Å². The molecule has 0 aromatic rings. The van der Waals surface area contributed by atoms with Gasteiger partial charge in [-0.15, -0.1) is 0 Å². The van der Waals surface area contributed by atoms with Gasteiger partial charge in [0.1, 0.15) is 183 Å². The average molecular weight is 1390 g/mol. The fourth-order valence-electron chi connectivity index (χ4n) is 12.2. The molecule has 8 aliphatic rings. The third kappa shape index (κ3) is 17.1. The Morgan fingerprint density at radius 3 is 1.33 bits per heavy atom. The van der Waals surface area contributed by atoms with Crippen molar-refractivity contribution in [1.82, 2.24) is 16.0 Å². The summed E-state index contributed by atoms with van der Waals surface area (Å²) in [6.45, 7) is -2.96. The van der Waals surface area contributed by atoms with E-state index in [0.717, 1.165) is 20.8 Å². The second-order valence-electron chi connectivity index (χ2n) is 24.2. The lowest BCUT2D eigenvalue weighted by Crippen LogP contribution is -2.71. The zero-order valence-corrected chi connectivity index (χ0v) is 51.2. The van der Waals surface area contributed by atoms with Gasteiger partial charge >= 0.3 is 0 Å². The smallest absolute Gasteiger partial charge is 0.217 e. The van der Waals surface area contributed by atoms with Crippen LogP contribution in [0.3, 0.4) is 0 Å². The molecule has 8 fully saturated rings. The second kappa shape index (κ2) is 33.6. The minimum Gasteiger partial charge on any atom is -0.394 e. The molecule has 8 heterocycles. The summed E-state index contributed by atoms with van der Waals surface area (Å²) in [5.41, 5.74) is 0. The number of hydrogen-bond donors (Lipinski definition) is 24. The number of aliphatic hydroxyl groups excluding tert-OH is 21. The molecule has 0 bridgehead atoms. The van der Waals surface area contributed by atoms with Crippen molar-refractivity contribution in [2.75, 3.05) is 46.2 Å². The van der Waals surface area contributed by atoms with Gasteiger partial charge in [-0.2, -0.15) is 0 Å². The summed E-state index contributed by atoms with van der Waals surface area (Å²) in [4.78, 5) is 38.3. The van der Waals surface area contributed by atoms with Crippen molar-refractivity contribution in [3.63, 3.8) is 0 Å². The Balaban J connectivity index is 1.20. The lowest BCUT2D eigenvalue weighted by molar-refractivity contribution is -0.411. The first-order chi connectivity index (χ1) is 44.9. The third-order valence-electron chi connectivity index (χ3n) is 17.4. The molecule has 0 radical (unpaired) electrons. The van der Waals surface area contributed by atoms with Crippen LogP contribution >= 0.6 is 0 Å². The van der Waals surface area contributed by atoms with Crippen molar-refractivity contribution in [2.24, 2.45) is 0 Å². The van der Waals surface area contributed by atoms with Gasteiger partial charge in [-0.1, -0.05) is 0 Å². The van der Waals surface area contributed by atoms with Gasteiger partial charge in [0.15, 0.2) is 50.3 Å². The van der Waals surface area contributed by atoms with E-state index in [1.54, 1.807) is 0 Å². The highest BCUT2D eigenvalue weighted by Gasteiger charge is 2.60. The van der Waals surface area contributed by atoms with Crippen LogP contribution in [0.15, 0.2) is 0 Å². The van der Waals surface area contributed by atoms with Crippen molar-refractivity contribution < 1.29 is 193 Å². The number of rotatable bonds is 23. The van der Waals surface area contributed by atoms with Crippen LogP contribution in [0.4, 0.5) is 0 Å². The number of aliphatic hydroxyl groups is 21. The van der Waals surface area contributed by atoms with Gasteiger partial charge in [-0.25, -0.2) is 0 Å². The Morgan fingerprint density at radius 2 is 0.747 bits per heavy atom. The van der Waals surface area contributed by atoms with Gasteiger partial charge in [0.05, 0.1) is 52.4 Å². The lowest BCUT2D eigenvalue weighted by Gasteiger charge is -2.52. The van der Waals surface area contributed by atoms with E-state index >= 15 is 0 Å². The summed E-state index contributed by atoms with van der Waals surface area (Å²) >= 11 is 0. The minimum atomic E-state index is -2.40. The second-order valence-corrected chi connectivity index (χ2v) is 24.2. The van der Waals surface area contributed by atoms with E-state index in [-0.39, 0.29) is 0 Å². The molecule has 0 aliphatic carbocycles. The molecular formula is C53H89N3O39. The number of ether oxygens (including phenoxy) is 15. The van der Waals surface area contributed by atoms with Gasteiger partial charge in [-0.05, 0) is 6.92 Å². The number of carbonyl (C=O) groups excluding carboxylic acids is 3. The molecule has 550 valence electrons. The standard InChI is InChI=1S/C53H89N3O39/c1-12-26(66)34(74)39(79)51(83-12)92-42-25(56-15(4)64)46(80)84-21(9-61)41(42)91-48-24(55-14(3)63)33(73)40(20(8-60)88-48)90-53-45(95-50-37(77)27(67)16(65)10-81-50)43(31(71)22(89-53)11-82-49-38(78)35(75)29(69)18(6-58)86-49)93-52-44(36(76)30(70)19(7-59)87-52)94-47-23(54-13(2)62)32(72)28(68)17(5-57)85-47/h12,16-53,57-61,65-80H,5-11H2,1-4H3,(H,54,62)(H,55,63)(H,56,64)/t12-,16+,17+,18+,19+,20+,21+,22+,23+,24+,25+,26+,27-,28+,29+,30+,31+,32+,33+,34+,35-,36-,37+,38-,39-,40+,41+,42+,43-,44-,45-,46?,47-,48-,49-,50-,51-,52+,53-/m0/s1. The number of amides is 3. The topological polar surface area (TPSA) is 651 Å². The molecule has 24 N–H and O–H groups in total. The third-order valence-corrected chi connectivity index (χ3v) is 17.4. The molecule has 42 nitrogen and oxygen atoms in total. The first kappa shape index (κ1) is 77.7. The molecule has 0 saturated carbocycles. The number of nitrogens with one attached hydrogen (secondary N) is 3. The predicted octanol–water partition coefficient (Wildman–Crippen LogP) is -16.4. The molecule has 42 heteroatoms. The van der Waals surface area contributed by atoms with Crippen LogP contribution in [0, 0.1) is 0 Å². The summed E-state index contributed by atoms with van der Waals surface area (Å²) in [5.74, 6) is -2.64. The van der Waals surface area contributed by atoms with Crippen molar-refractivity contribution in [2.45, 2.75) is 267 Å². The Bertz CT molecular complexity index is 2440. The minimum absolute atomic E-state index is 0.790. The fourth-order valence-corrected chi connectivity index (χ4v) is 12.2. The van der Waals surface area contributed by atoms with Crippen molar-refractivity contribution in [3.8, 4) is 0 Å². The molecule has 39 atom stereocenters. The van der Waals surface area contributed by atoms with Crippen LogP contribution in [0.2, 0.25) is 0 Å². The Morgan fingerprint density at radius 1 is 0.337 bits per heavy atom. The molecule has 0 aromatic carbocycles. The first-order valence-electron chi connectivity index (χ1n) is 30.4. The quantitative estimate of drug-likeness (QED) is 0.0452. The number of carbonyl (C=O) groups is 3. The lowest BCUT2D eigenvalue weighted by atomic mass is 9.93. The van der Waals surface area contributed by atoms with Crippen LogP contribution in [-0.4, -0.2) is 411 Å². The highest BCUT2D eigenvalue weighted by atomic mass is 16.8. The summed E-state index contributed by atoms with van der Waals surface area (Å²) in [6, 6.07) is -5.47. The highest BCUT2D eigenvalue weighted by Crippen LogP contribution is 2.40. The zero-order chi connectivity index (χ0) is 69.9. The van der Waals surface area contributed by atoms with Crippen molar-refractivity contribution >= 4 is 17.7 Å². The van der Waals surface area contributed by atoms with Crippen LogP contribution in [0.25, 0.3) is 0 Å². The average Bonchev–Trinajstić information content (AvgIpc) is 0.767. The molecule has 95 heavy (non-hydrogen) atoms. The normalized spacial score (nSPS) is 49.9. The SMILES string of the molecule is CC(=O)N[C@H]1[C@H](O[C@H]2[C@H](O[C@@H]3O[C@@H](C)[C@@H](O)[C@@H](O)[C@@H]3O)[C@@H](NC(C)=O)C(O)O[C@@H]2CO)O[C@H](CO)[C@@H](O[C@@H]2O[C@H](CO[C@H]3O[C@H](CO)[C@@H](O)[C@H](O)[C@@H]3O)[C@@H](O)[C@H](O[C@H]3O[C@H](CO)[C@@H](O)[C@H](O)[C@@H]3O[C@@H]3O[C@H](CO)[C@@H](O)[C@H](O)[C@H]3NC(C)=O)[C@@H]2O[C@@H]2OC[C@@H](O)[C@H](O)[C@H]2O)[C@@H]1O. The summed E-state index contributed by atoms with van der Waals surface area (Å²) in [6.07, 6.45) is -72.7. The molecule has 0 spiro atoms. The maximum Gasteiger partial charge on any atom is 0.217 e. The Kier molecular flexibility index (Phi) is 27.5. The molecular weight excluding hydrogens is 1300 g/mol. The maximum absolute atomic E-state index is 13.2. The van der Waals surface area contributed by atoms with Gasteiger partial charge < -0.3 is 194 Å². The van der Waals surface area contributed by atoms with E-state index in [1.165, 1.54) is 6.92 Å². The van der Waals surface area contributed by atoms with Crippen LogP contribution in [0.1, 0.15) is 27.7 Å². The molecule has 8 aliphatic heterocycles. The molecule has 8 saturated heterocycles. The van der Waals surface area contributed by atoms with Crippen molar-refractivity contribution in [1.29, 1.82) is 0 Å². The van der Waals surface area contributed by atoms with E-state index in [2.05, 4.69) is 16.0 Å². The zero-order valence-electron chi connectivity index (χ0n) is 51.2. The molecule has 3 amide bonds. The molecule has 1 unspecified atom stereocenters. The maximum atomic E-state index is 13.2. The van der Waals surface area contributed by atoms with E-state index in [4.69, 9.17) is 71.1 Å². The van der Waals surface area contributed by atoms with Gasteiger partial charge in [0.25, 0.3) is 0 Å². The van der Waals surface area contributed by atoms with Gasteiger partial charge in [0, 0.05) is 20.8 Å². The number of hydrogen-bond acceptors (Lipinski definition) is 39. The van der Waals surface area contributed by atoms with E-state index < -0.39 is 303 Å². The monoisotopic (exact) mass is 1390 g/mol.